The lowest BCUT2D eigenvalue weighted by molar-refractivity contribution is -0.143. The number of hydrogen-bond acceptors (Lipinski definition) is 3. The number of nitrogens with zero attached hydrogens (tertiary/aromatic N) is 1. The molecule has 1 aromatic rings. The minimum atomic E-state index is -0.228. The van der Waals surface area contributed by atoms with Crippen molar-refractivity contribution in [1.82, 2.24) is 4.90 Å². The Morgan fingerprint density at radius 3 is 2.14 bits per heavy atom. The zero-order valence-corrected chi connectivity index (χ0v) is 12.4. The Labute approximate surface area is 125 Å². The Bertz CT molecular complexity index is 515. The number of imide groups is 1. The lowest BCUT2D eigenvalue weighted by Crippen LogP contribution is -2.39. The van der Waals surface area contributed by atoms with E-state index in [1.165, 1.54) is 5.56 Å². The zero-order valence-electron chi connectivity index (χ0n) is 12.4. The van der Waals surface area contributed by atoms with Crippen molar-refractivity contribution in [2.75, 3.05) is 6.54 Å². The molecule has 0 aromatic heterocycles. The molecule has 0 unspecified atom stereocenters. The summed E-state index contributed by atoms with van der Waals surface area (Å²) in [6.07, 6.45) is 4.20. The first-order valence-electron chi connectivity index (χ1n) is 7.57. The smallest absolute Gasteiger partial charge is 0.229 e. The molecule has 1 aliphatic heterocycles. The van der Waals surface area contributed by atoms with Crippen molar-refractivity contribution in [1.29, 1.82) is 0 Å². The zero-order chi connectivity index (χ0) is 15.2. The van der Waals surface area contributed by atoms with Gasteiger partial charge in [0.15, 0.2) is 5.78 Å². The summed E-state index contributed by atoms with van der Waals surface area (Å²) in [6, 6.07) is 7.42. The summed E-state index contributed by atoms with van der Waals surface area (Å²) in [5, 5.41) is 0. The molecule has 4 heteroatoms. The number of aryl methyl sites for hydroxylation is 1. The predicted octanol–water partition coefficient (Wildman–Crippen LogP) is 2.75. The quantitative estimate of drug-likeness (QED) is 0.618. The molecule has 4 nitrogen and oxygen atoms in total. The second-order valence-electron chi connectivity index (χ2n) is 5.45. The van der Waals surface area contributed by atoms with Gasteiger partial charge in [0.05, 0.1) is 6.54 Å². The van der Waals surface area contributed by atoms with Crippen LogP contribution in [0.5, 0.6) is 0 Å². The van der Waals surface area contributed by atoms with E-state index in [2.05, 4.69) is 6.92 Å². The first-order valence-corrected chi connectivity index (χ1v) is 7.57. The van der Waals surface area contributed by atoms with Crippen LogP contribution in [-0.2, 0) is 16.0 Å². The fourth-order valence-electron chi connectivity index (χ4n) is 2.52. The number of carbonyl (C=O) groups is 3. The minimum absolute atomic E-state index is 0.134. The van der Waals surface area contributed by atoms with Crippen LogP contribution in [0.3, 0.4) is 0 Å². The van der Waals surface area contributed by atoms with E-state index >= 15 is 0 Å². The molecular weight excluding hydrogens is 266 g/mol. The van der Waals surface area contributed by atoms with Gasteiger partial charge < -0.3 is 0 Å². The fraction of sp³-hybridized carbons (Fsp3) is 0.471. The van der Waals surface area contributed by atoms with Crippen LogP contribution in [0.1, 0.15) is 54.9 Å². The standard InChI is InChI=1S/C17H21NO3/c1-2-5-13-8-10-14(11-9-13)15(19)12-18-16(20)6-3-4-7-17(18)21/h8-11H,2-7,12H2,1H3. The highest BCUT2D eigenvalue weighted by atomic mass is 16.2. The highest BCUT2D eigenvalue weighted by molar-refractivity contribution is 6.04. The maximum atomic E-state index is 12.2. The van der Waals surface area contributed by atoms with Crippen molar-refractivity contribution in [3.8, 4) is 0 Å². The minimum Gasteiger partial charge on any atom is -0.292 e. The highest BCUT2D eigenvalue weighted by Crippen LogP contribution is 2.14. The van der Waals surface area contributed by atoms with E-state index in [9.17, 15) is 14.4 Å². The van der Waals surface area contributed by atoms with Crippen LogP contribution >= 0.6 is 0 Å². The largest absolute Gasteiger partial charge is 0.292 e. The molecule has 2 rings (SSSR count). The molecule has 0 radical (unpaired) electrons. The Kier molecular flexibility index (Phi) is 5.26. The first kappa shape index (κ1) is 15.4. The molecule has 1 heterocycles. The van der Waals surface area contributed by atoms with Gasteiger partial charge in [-0.3, -0.25) is 19.3 Å². The van der Waals surface area contributed by atoms with Crippen molar-refractivity contribution in [3.05, 3.63) is 35.4 Å². The summed E-state index contributed by atoms with van der Waals surface area (Å²) < 4.78 is 0. The van der Waals surface area contributed by atoms with E-state index in [1.54, 1.807) is 12.1 Å². The van der Waals surface area contributed by atoms with Gasteiger partial charge in [-0.2, -0.15) is 0 Å². The molecule has 2 amide bonds. The van der Waals surface area contributed by atoms with Crippen LogP contribution in [0.15, 0.2) is 24.3 Å². The second kappa shape index (κ2) is 7.16. The maximum absolute atomic E-state index is 12.2. The van der Waals surface area contributed by atoms with Gasteiger partial charge in [0.1, 0.15) is 0 Å². The molecule has 0 N–H and O–H groups in total. The molecule has 1 fully saturated rings. The number of likely N-dealkylation sites (tertiary alicyclic amines) is 1. The lowest BCUT2D eigenvalue weighted by Gasteiger charge is -2.17. The van der Waals surface area contributed by atoms with Crippen molar-refractivity contribution < 1.29 is 14.4 Å². The fourth-order valence-corrected chi connectivity index (χ4v) is 2.52. The van der Waals surface area contributed by atoms with Gasteiger partial charge in [-0.05, 0) is 24.8 Å². The number of benzene rings is 1. The predicted molar refractivity (Wildman–Crippen MR) is 80.0 cm³/mol. The average molecular weight is 287 g/mol. The number of Topliss-reactive ketones (excluding diaryl/α,β-unsaturated/α-hetero) is 1. The topological polar surface area (TPSA) is 54.5 Å². The van der Waals surface area contributed by atoms with Crippen LogP contribution in [0.25, 0.3) is 0 Å². The third-order valence-electron chi connectivity index (χ3n) is 3.75. The monoisotopic (exact) mass is 287 g/mol. The average Bonchev–Trinajstić information content (AvgIpc) is 2.63. The SMILES string of the molecule is CCCc1ccc(C(=O)CN2C(=O)CCCCC2=O)cc1. The van der Waals surface area contributed by atoms with E-state index < -0.39 is 0 Å². The van der Waals surface area contributed by atoms with Gasteiger partial charge in [-0.25, -0.2) is 0 Å². The molecule has 0 bridgehead atoms. The van der Waals surface area contributed by atoms with Crippen LogP contribution in [0, 0.1) is 0 Å². The third-order valence-corrected chi connectivity index (χ3v) is 3.75. The van der Waals surface area contributed by atoms with Crippen molar-refractivity contribution in [2.24, 2.45) is 0 Å². The Hall–Kier alpha value is -1.97. The van der Waals surface area contributed by atoms with E-state index in [0.717, 1.165) is 30.6 Å². The van der Waals surface area contributed by atoms with E-state index in [0.29, 0.717) is 18.4 Å². The summed E-state index contributed by atoms with van der Waals surface area (Å²) in [4.78, 5) is 37.1. The van der Waals surface area contributed by atoms with E-state index in [1.807, 2.05) is 12.1 Å². The molecule has 21 heavy (non-hydrogen) atoms. The molecule has 1 saturated heterocycles. The summed E-state index contributed by atoms with van der Waals surface area (Å²) in [5.74, 6) is -0.636. The normalized spacial score (nSPS) is 16.0. The molecule has 0 spiro atoms. The van der Waals surface area contributed by atoms with Crippen molar-refractivity contribution in [2.45, 2.75) is 45.4 Å². The first-order chi connectivity index (χ1) is 10.1. The van der Waals surface area contributed by atoms with E-state index in [-0.39, 0.29) is 24.1 Å². The number of carbonyl (C=O) groups excluding carboxylic acids is 3. The molecule has 0 aliphatic carbocycles. The highest BCUT2D eigenvalue weighted by Gasteiger charge is 2.26. The van der Waals surface area contributed by atoms with Crippen molar-refractivity contribution in [3.63, 3.8) is 0 Å². The summed E-state index contributed by atoms with van der Waals surface area (Å²) >= 11 is 0. The second-order valence-corrected chi connectivity index (χ2v) is 5.45. The van der Waals surface area contributed by atoms with Gasteiger partial charge in [0.2, 0.25) is 11.8 Å². The van der Waals surface area contributed by atoms with Gasteiger partial charge in [-0.15, -0.1) is 0 Å². The van der Waals surface area contributed by atoms with Crippen LogP contribution in [0.4, 0.5) is 0 Å². The number of amides is 2. The summed E-state index contributed by atoms with van der Waals surface area (Å²) in [7, 11) is 0. The molecule has 0 atom stereocenters. The van der Waals surface area contributed by atoms with Crippen molar-refractivity contribution >= 4 is 17.6 Å². The molecule has 0 saturated carbocycles. The number of rotatable bonds is 5. The maximum Gasteiger partial charge on any atom is 0.229 e. The number of hydrogen-bond donors (Lipinski definition) is 0. The van der Waals surface area contributed by atoms with Gasteiger partial charge in [0.25, 0.3) is 0 Å². The summed E-state index contributed by atoms with van der Waals surface area (Å²) in [6.45, 7) is 1.97. The summed E-state index contributed by atoms with van der Waals surface area (Å²) in [5.41, 5.74) is 1.75. The number of ketones is 1. The Balaban J connectivity index is 2.05. The molecule has 1 aromatic carbocycles. The molecule has 112 valence electrons. The van der Waals surface area contributed by atoms with E-state index in [4.69, 9.17) is 0 Å². The molecule has 1 aliphatic rings. The van der Waals surface area contributed by atoms with Crippen LogP contribution in [-0.4, -0.2) is 29.0 Å². The Morgan fingerprint density at radius 1 is 1.05 bits per heavy atom. The Morgan fingerprint density at radius 2 is 1.62 bits per heavy atom. The van der Waals surface area contributed by atoms with Crippen LogP contribution in [0.2, 0.25) is 0 Å². The lowest BCUT2D eigenvalue weighted by atomic mass is 10.0. The van der Waals surface area contributed by atoms with Gasteiger partial charge in [0, 0.05) is 18.4 Å². The molecular formula is C17H21NO3. The van der Waals surface area contributed by atoms with Crippen LogP contribution < -0.4 is 0 Å². The van der Waals surface area contributed by atoms with Gasteiger partial charge >= 0.3 is 0 Å². The third kappa shape index (κ3) is 4.00. The van der Waals surface area contributed by atoms with Gasteiger partial charge in [-0.1, -0.05) is 37.6 Å².